The molecule has 0 unspecified atom stereocenters. The van der Waals surface area contributed by atoms with Gasteiger partial charge < -0.3 is 10.1 Å². The van der Waals surface area contributed by atoms with Gasteiger partial charge in [-0.1, -0.05) is 31.4 Å². The number of nitrogens with one attached hydrogen (secondary N) is 1. The van der Waals surface area contributed by atoms with Crippen molar-refractivity contribution >= 4 is 21.6 Å². The zero-order chi connectivity index (χ0) is 20.1. The van der Waals surface area contributed by atoms with Crippen LogP contribution in [0.5, 0.6) is 0 Å². The predicted octanol–water partition coefficient (Wildman–Crippen LogP) is 3.45. The maximum absolute atomic E-state index is 13.3. The first kappa shape index (κ1) is 20.3. The van der Waals surface area contributed by atoms with Crippen LogP contribution in [-0.4, -0.2) is 20.9 Å². The number of halogens is 2. The topological polar surface area (TPSA) is 81.6 Å². The van der Waals surface area contributed by atoms with Crippen LogP contribution in [0.2, 0.25) is 0 Å². The highest BCUT2D eigenvalue weighted by atomic mass is 32.2. The van der Waals surface area contributed by atoms with Gasteiger partial charge in [-0.15, -0.1) is 0 Å². The van der Waals surface area contributed by atoms with Crippen molar-refractivity contribution in [3.05, 3.63) is 59.7 Å². The van der Waals surface area contributed by atoms with Gasteiger partial charge in [-0.3, -0.25) is 4.72 Å². The molecule has 0 radical (unpaired) electrons. The van der Waals surface area contributed by atoms with E-state index in [0.717, 1.165) is 25.0 Å². The van der Waals surface area contributed by atoms with Gasteiger partial charge in [0.1, 0.15) is 0 Å². The smallest absolute Gasteiger partial charge is 0.261 e. The molecule has 1 fully saturated rings. The zero-order valence-corrected chi connectivity index (χ0v) is 16.0. The van der Waals surface area contributed by atoms with E-state index in [1.54, 1.807) is 0 Å². The summed E-state index contributed by atoms with van der Waals surface area (Å²) in [5.41, 5.74) is 0.570. The zero-order valence-electron chi connectivity index (χ0n) is 15.2. The monoisotopic (exact) mass is 407 g/mol. The van der Waals surface area contributed by atoms with Gasteiger partial charge in [-0.2, -0.15) is 0 Å². The number of rotatable bonds is 6. The highest BCUT2D eigenvalue weighted by molar-refractivity contribution is 7.92. The Morgan fingerprint density at radius 2 is 1.71 bits per heavy atom. The van der Waals surface area contributed by atoms with Gasteiger partial charge in [-0.25, -0.2) is 17.2 Å². The van der Waals surface area contributed by atoms with E-state index in [-0.39, 0.29) is 11.6 Å². The van der Waals surface area contributed by atoms with Crippen LogP contribution in [0.25, 0.3) is 0 Å². The number of nitrogens with zero attached hydrogens (tertiary/aromatic N) is 1. The van der Waals surface area contributed by atoms with Gasteiger partial charge in [0.2, 0.25) is 0 Å². The second-order valence-corrected chi connectivity index (χ2v) is 8.59. The minimum atomic E-state index is -4.08. The molecule has 0 spiro atoms. The molecule has 1 saturated carbocycles. The van der Waals surface area contributed by atoms with E-state index in [0.29, 0.717) is 24.1 Å². The molecule has 0 saturated heterocycles. The van der Waals surface area contributed by atoms with Crippen molar-refractivity contribution in [3.8, 4) is 0 Å². The van der Waals surface area contributed by atoms with Crippen LogP contribution in [-0.2, 0) is 10.0 Å². The Kier molecular flexibility index (Phi) is 6.28. The second kappa shape index (κ2) is 8.68. The third kappa shape index (κ3) is 5.07. The van der Waals surface area contributed by atoms with E-state index in [1.807, 2.05) is 0 Å². The summed E-state index contributed by atoms with van der Waals surface area (Å²) in [5.74, 6) is -2.25. The summed E-state index contributed by atoms with van der Waals surface area (Å²) >= 11 is 0. The van der Waals surface area contributed by atoms with E-state index >= 15 is 0 Å². The number of hydrogen-bond acceptors (Lipinski definition) is 4. The molecule has 28 heavy (non-hydrogen) atoms. The van der Waals surface area contributed by atoms with Gasteiger partial charge in [0.15, 0.2) is 11.6 Å². The Hall–Kier alpha value is -2.48. The summed E-state index contributed by atoms with van der Waals surface area (Å²) in [6.45, 7) is 0.517. The number of aliphatic imine (C=N–C) groups is 1. The maximum Gasteiger partial charge on any atom is 0.261 e. The fraction of sp³-hybridized carbons (Fsp3) is 0.350. The molecule has 0 bridgehead atoms. The Labute approximate surface area is 163 Å². The molecular weight excluding hydrogens is 386 g/mol. The summed E-state index contributed by atoms with van der Waals surface area (Å²) in [6.07, 6.45) is 5.80. The van der Waals surface area contributed by atoms with Crippen molar-refractivity contribution in [2.24, 2.45) is 10.9 Å². The third-order valence-electron chi connectivity index (χ3n) is 4.80. The maximum atomic E-state index is 13.3. The molecule has 2 aromatic rings. The number of benzene rings is 2. The highest BCUT2D eigenvalue weighted by Crippen LogP contribution is 2.24. The van der Waals surface area contributed by atoms with Crippen LogP contribution in [0.4, 0.5) is 14.5 Å². The summed E-state index contributed by atoms with van der Waals surface area (Å²) in [6, 6.07) is 8.16. The standard InChI is InChI=1S/C20H22F2N2O3S/c21-18-11-10-17(12-19(18)22)28(26,27)24-16-8-6-15(7-9-16)20(25)23-13-14-4-2-1-3-5-14/h6-12,14,24H,1-5,13H2,(H,23,25)/p-1. The van der Waals surface area contributed by atoms with Crippen LogP contribution in [0, 0.1) is 17.6 Å². The Bertz CT molecular complexity index is 954. The summed E-state index contributed by atoms with van der Waals surface area (Å²) < 4.78 is 53.1. The quantitative estimate of drug-likeness (QED) is 0.588. The molecular formula is C20H21F2N2O3S-. The molecule has 8 heteroatoms. The SMILES string of the molecule is O=S(=O)(Nc1ccc(C([O-])=NCC2CCCCC2)cc1)c1ccc(F)c(F)c1. The minimum absolute atomic E-state index is 0.202. The van der Waals surface area contributed by atoms with E-state index < -0.39 is 26.6 Å². The normalized spacial score (nSPS) is 16.1. The Balaban J connectivity index is 1.67. The molecule has 0 heterocycles. The summed E-state index contributed by atoms with van der Waals surface area (Å²) in [7, 11) is -4.08. The van der Waals surface area contributed by atoms with E-state index in [1.165, 1.54) is 43.5 Å². The first-order valence-corrected chi connectivity index (χ1v) is 10.6. The largest absolute Gasteiger partial charge is 0.858 e. The van der Waals surface area contributed by atoms with Crippen molar-refractivity contribution in [1.82, 2.24) is 0 Å². The molecule has 1 aliphatic rings. The van der Waals surface area contributed by atoms with Crippen LogP contribution in [0.3, 0.4) is 0 Å². The number of anilines is 1. The van der Waals surface area contributed by atoms with Gasteiger partial charge >= 0.3 is 0 Å². The van der Waals surface area contributed by atoms with E-state index in [2.05, 4.69) is 9.71 Å². The van der Waals surface area contributed by atoms with Gasteiger partial charge in [0.25, 0.3) is 10.0 Å². The van der Waals surface area contributed by atoms with E-state index in [9.17, 15) is 22.3 Å². The molecule has 5 nitrogen and oxygen atoms in total. The van der Waals surface area contributed by atoms with Crippen molar-refractivity contribution in [2.45, 2.75) is 37.0 Å². The molecule has 0 atom stereocenters. The minimum Gasteiger partial charge on any atom is -0.858 e. The molecule has 1 N–H and O–H groups in total. The van der Waals surface area contributed by atoms with Crippen molar-refractivity contribution in [2.75, 3.05) is 11.3 Å². The fourth-order valence-electron chi connectivity index (χ4n) is 3.21. The lowest BCUT2D eigenvalue weighted by molar-refractivity contribution is -0.213. The molecule has 150 valence electrons. The van der Waals surface area contributed by atoms with Crippen molar-refractivity contribution < 1.29 is 22.3 Å². The Morgan fingerprint density at radius 3 is 2.36 bits per heavy atom. The average molecular weight is 407 g/mol. The lowest BCUT2D eigenvalue weighted by Crippen LogP contribution is -2.21. The van der Waals surface area contributed by atoms with Crippen LogP contribution in [0.1, 0.15) is 37.7 Å². The summed E-state index contributed by atoms with van der Waals surface area (Å²) in [5, 5.41) is 12.2. The third-order valence-corrected chi connectivity index (χ3v) is 6.18. The second-order valence-electron chi connectivity index (χ2n) is 6.91. The lowest BCUT2D eigenvalue weighted by atomic mass is 9.89. The predicted molar refractivity (Wildman–Crippen MR) is 102 cm³/mol. The molecule has 1 aliphatic carbocycles. The van der Waals surface area contributed by atoms with Crippen molar-refractivity contribution in [1.29, 1.82) is 0 Å². The van der Waals surface area contributed by atoms with Gasteiger partial charge in [0.05, 0.1) is 4.90 Å². The first-order valence-electron chi connectivity index (χ1n) is 9.15. The fourth-order valence-corrected chi connectivity index (χ4v) is 4.28. The molecule has 0 amide bonds. The molecule has 0 aliphatic heterocycles. The molecule has 3 rings (SSSR count). The Morgan fingerprint density at radius 1 is 1.04 bits per heavy atom. The van der Waals surface area contributed by atoms with Crippen LogP contribution >= 0.6 is 0 Å². The van der Waals surface area contributed by atoms with Crippen LogP contribution < -0.4 is 9.83 Å². The summed E-state index contributed by atoms with van der Waals surface area (Å²) in [4.78, 5) is 3.74. The van der Waals surface area contributed by atoms with Crippen molar-refractivity contribution in [3.63, 3.8) is 0 Å². The van der Waals surface area contributed by atoms with Gasteiger partial charge in [0, 0.05) is 12.2 Å². The van der Waals surface area contributed by atoms with E-state index in [4.69, 9.17) is 0 Å². The van der Waals surface area contributed by atoms with Gasteiger partial charge in [-0.05, 0) is 60.6 Å². The average Bonchev–Trinajstić information content (AvgIpc) is 2.69. The number of hydrogen-bond donors (Lipinski definition) is 1. The first-order chi connectivity index (χ1) is 13.3. The number of sulfonamides is 1. The lowest BCUT2D eigenvalue weighted by Gasteiger charge is -2.21. The highest BCUT2D eigenvalue weighted by Gasteiger charge is 2.17. The molecule has 2 aromatic carbocycles. The van der Waals surface area contributed by atoms with Crippen LogP contribution in [0.15, 0.2) is 52.4 Å². The molecule has 0 aromatic heterocycles.